The summed E-state index contributed by atoms with van der Waals surface area (Å²) in [5.74, 6) is -0.542. The Kier molecular flexibility index (Phi) is 6.37. The summed E-state index contributed by atoms with van der Waals surface area (Å²) in [4.78, 5) is 22.5. The van der Waals surface area contributed by atoms with E-state index in [-0.39, 0.29) is 5.92 Å². The summed E-state index contributed by atoms with van der Waals surface area (Å²) in [6.45, 7) is 6.97. The third-order valence-corrected chi connectivity index (χ3v) is 2.80. The van der Waals surface area contributed by atoms with Gasteiger partial charge in [-0.15, -0.1) is 0 Å². The molecule has 0 aromatic carbocycles. The highest BCUT2D eigenvalue weighted by molar-refractivity contribution is 7.98. The van der Waals surface area contributed by atoms with Crippen LogP contribution in [0.5, 0.6) is 0 Å². The molecule has 0 radical (unpaired) electrons. The smallest absolute Gasteiger partial charge is 0.408 e. The number of carboxylic acid groups (broad SMARTS) is 1. The normalized spacial score (nSPS) is 14.9. The fourth-order valence-corrected chi connectivity index (χ4v) is 1.96. The summed E-state index contributed by atoms with van der Waals surface area (Å²) in [5.41, 5.74) is -0.629. The van der Waals surface area contributed by atoms with Gasteiger partial charge in [0.15, 0.2) is 0 Å². The molecule has 0 aliphatic rings. The minimum atomic E-state index is -1.04. The SMILES string of the molecule is CSC[C@H](C)[C@H](NC(=O)OC(C)(C)C)C(=O)O. The van der Waals surface area contributed by atoms with Crippen LogP contribution < -0.4 is 5.32 Å². The van der Waals surface area contributed by atoms with Crippen molar-refractivity contribution in [1.29, 1.82) is 0 Å². The summed E-state index contributed by atoms with van der Waals surface area (Å²) >= 11 is 1.54. The Morgan fingerprint density at radius 2 is 1.94 bits per heavy atom. The largest absolute Gasteiger partial charge is 0.480 e. The fourth-order valence-electron chi connectivity index (χ4n) is 1.24. The van der Waals surface area contributed by atoms with Crippen LogP contribution in [-0.2, 0) is 9.53 Å². The molecule has 100 valence electrons. The van der Waals surface area contributed by atoms with Crippen LogP contribution in [0, 0.1) is 5.92 Å². The zero-order valence-electron chi connectivity index (χ0n) is 10.9. The molecule has 0 saturated carbocycles. The predicted octanol–water partition coefficient (Wildman–Crippen LogP) is 1.96. The molecule has 0 spiro atoms. The summed E-state index contributed by atoms with van der Waals surface area (Å²) in [6, 6.07) is -0.919. The highest BCUT2D eigenvalue weighted by Gasteiger charge is 2.28. The van der Waals surface area contributed by atoms with Crippen molar-refractivity contribution in [3.63, 3.8) is 0 Å². The molecule has 2 atom stereocenters. The summed E-state index contributed by atoms with van der Waals surface area (Å²) in [5, 5.41) is 11.4. The first-order chi connectivity index (χ1) is 7.67. The average Bonchev–Trinajstić information content (AvgIpc) is 2.11. The number of alkyl carbamates (subject to hydrolysis) is 1. The first-order valence-electron chi connectivity index (χ1n) is 5.38. The summed E-state index contributed by atoms with van der Waals surface area (Å²) in [7, 11) is 0. The number of thioether (sulfide) groups is 1. The van der Waals surface area contributed by atoms with E-state index in [0.717, 1.165) is 0 Å². The number of carboxylic acids is 1. The summed E-state index contributed by atoms with van der Waals surface area (Å²) in [6.07, 6.45) is 1.20. The van der Waals surface area contributed by atoms with Gasteiger partial charge in [-0.1, -0.05) is 6.92 Å². The van der Waals surface area contributed by atoms with E-state index in [0.29, 0.717) is 5.75 Å². The van der Waals surface area contributed by atoms with Crippen LogP contribution in [0.2, 0.25) is 0 Å². The number of hydrogen-bond acceptors (Lipinski definition) is 4. The van der Waals surface area contributed by atoms with E-state index in [2.05, 4.69) is 5.32 Å². The number of ether oxygens (including phenoxy) is 1. The van der Waals surface area contributed by atoms with Gasteiger partial charge in [0.2, 0.25) is 0 Å². The number of aliphatic carboxylic acids is 1. The number of hydrogen-bond donors (Lipinski definition) is 2. The van der Waals surface area contributed by atoms with Crippen LogP contribution in [0.25, 0.3) is 0 Å². The van der Waals surface area contributed by atoms with Gasteiger partial charge in [-0.3, -0.25) is 0 Å². The lowest BCUT2D eigenvalue weighted by atomic mass is 10.1. The van der Waals surface area contributed by atoms with Gasteiger partial charge in [0.05, 0.1) is 0 Å². The maximum Gasteiger partial charge on any atom is 0.408 e. The van der Waals surface area contributed by atoms with E-state index >= 15 is 0 Å². The van der Waals surface area contributed by atoms with E-state index in [9.17, 15) is 9.59 Å². The van der Waals surface area contributed by atoms with Gasteiger partial charge >= 0.3 is 12.1 Å². The lowest BCUT2D eigenvalue weighted by Crippen LogP contribution is -2.47. The van der Waals surface area contributed by atoms with Crippen molar-refractivity contribution in [3.05, 3.63) is 0 Å². The minimum absolute atomic E-state index is 0.157. The Balaban J connectivity index is 4.45. The zero-order valence-corrected chi connectivity index (χ0v) is 11.8. The highest BCUT2D eigenvalue weighted by Crippen LogP contribution is 2.12. The molecule has 1 amide bonds. The average molecular weight is 263 g/mol. The second kappa shape index (κ2) is 6.74. The minimum Gasteiger partial charge on any atom is -0.480 e. The molecule has 5 nitrogen and oxygen atoms in total. The quantitative estimate of drug-likeness (QED) is 0.793. The molecule has 0 bridgehead atoms. The van der Waals surface area contributed by atoms with E-state index in [4.69, 9.17) is 9.84 Å². The molecule has 0 fully saturated rings. The lowest BCUT2D eigenvalue weighted by Gasteiger charge is -2.24. The number of nitrogens with one attached hydrogen (secondary N) is 1. The first kappa shape index (κ1) is 16.1. The van der Waals surface area contributed by atoms with Gasteiger partial charge < -0.3 is 15.2 Å². The van der Waals surface area contributed by atoms with Crippen molar-refractivity contribution in [2.75, 3.05) is 12.0 Å². The molecule has 0 rings (SSSR count). The third kappa shape index (κ3) is 7.10. The molecule has 0 aliphatic carbocycles. The van der Waals surface area contributed by atoms with Crippen LogP contribution in [-0.4, -0.2) is 40.8 Å². The molecule has 0 heterocycles. The summed E-state index contributed by atoms with van der Waals surface area (Å²) < 4.78 is 5.03. The van der Waals surface area contributed by atoms with Gasteiger partial charge in [0.25, 0.3) is 0 Å². The van der Waals surface area contributed by atoms with Gasteiger partial charge in [0.1, 0.15) is 11.6 Å². The van der Waals surface area contributed by atoms with Gasteiger partial charge in [0, 0.05) is 0 Å². The molecule has 0 aromatic heterocycles. The molecular formula is C11H21NO4S. The van der Waals surface area contributed by atoms with E-state index in [1.54, 1.807) is 39.5 Å². The van der Waals surface area contributed by atoms with Crippen LogP contribution in [0.4, 0.5) is 4.79 Å². The molecule has 0 unspecified atom stereocenters. The van der Waals surface area contributed by atoms with Crippen LogP contribution in [0.3, 0.4) is 0 Å². The van der Waals surface area contributed by atoms with Gasteiger partial charge in [-0.25, -0.2) is 9.59 Å². The Hall–Kier alpha value is -0.910. The van der Waals surface area contributed by atoms with Gasteiger partial charge in [-0.05, 0) is 38.7 Å². The Morgan fingerprint density at radius 1 is 1.41 bits per heavy atom. The molecule has 0 saturated heterocycles. The molecule has 0 aromatic rings. The second-order valence-corrected chi connectivity index (χ2v) is 5.81. The standard InChI is InChI=1S/C11H21NO4S/c1-7(6-17-5)8(9(13)14)12-10(15)16-11(2,3)4/h7-8H,6H2,1-5H3,(H,12,15)(H,13,14)/t7-,8-/m0/s1. The van der Waals surface area contributed by atoms with Crippen molar-refractivity contribution in [2.24, 2.45) is 5.92 Å². The highest BCUT2D eigenvalue weighted by atomic mass is 32.2. The maximum absolute atomic E-state index is 11.5. The third-order valence-electron chi connectivity index (χ3n) is 1.94. The Bertz CT molecular complexity index is 275. The first-order valence-corrected chi connectivity index (χ1v) is 6.78. The number of carbonyl (C=O) groups excluding carboxylic acids is 1. The molecular weight excluding hydrogens is 242 g/mol. The van der Waals surface area contributed by atoms with Crippen molar-refractivity contribution < 1.29 is 19.4 Å². The monoisotopic (exact) mass is 263 g/mol. The van der Waals surface area contributed by atoms with Crippen molar-refractivity contribution in [2.45, 2.75) is 39.3 Å². The number of carbonyl (C=O) groups is 2. The zero-order chi connectivity index (χ0) is 13.6. The molecule has 0 aliphatic heterocycles. The molecule has 17 heavy (non-hydrogen) atoms. The van der Waals surface area contributed by atoms with Crippen LogP contribution >= 0.6 is 11.8 Å². The fraction of sp³-hybridized carbons (Fsp3) is 0.818. The van der Waals surface area contributed by atoms with Crippen LogP contribution in [0.15, 0.2) is 0 Å². The van der Waals surface area contributed by atoms with E-state index in [1.165, 1.54) is 0 Å². The maximum atomic E-state index is 11.5. The number of amides is 1. The predicted molar refractivity (Wildman–Crippen MR) is 68.3 cm³/mol. The molecule has 2 N–H and O–H groups in total. The van der Waals surface area contributed by atoms with Crippen LogP contribution in [0.1, 0.15) is 27.7 Å². The number of rotatable bonds is 5. The van der Waals surface area contributed by atoms with E-state index < -0.39 is 23.7 Å². The topological polar surface area (TPSA) is 75.6 Å². The van der Waals surface area contributed by atoms with Crippen molar-refractivity contribution in [3.8, 4) is 0 Å². The lowest BCUT2D eigenvalue weighted by molar-refractivity contribution is -0.140. The molecule has 6 heteroatoms. The van der Waals surface area contributed by atoms with Gasteiger partial charge in [-0.2, -0.15) is 11.8 Å². The van der Waals surface area contributed by atoms with Crippen molar-refractivity contribution in [1.82, 2.24) is 5.32 Å². The Morgan fingerprint density at radius 3 is 2.29 bits per heavy atom. The van der Waals surface area contributed by atoms with Crippen molar-refractivity contribution >= 4 is 23.8 Å². The second-order valence-electron chi connectivity index (χ2n) is 4.89. The Labute approximate surface area is 106 Å². The van der Waals surface area contributed by atoms with E-state index in [1.807, 2.05) is 6.26 Å².